The number of carbonyl (C=O) groups excluding carboxylic acids is 1. The highest BCUT2D eigenvalue weighted by molar-refractivity contribution is 7.16. The van der Waals surface area contributed by atoms with Crippen LogP contribution in [0.1, 0.15) is 23.4 Å². The molecule has 0 radical (unpaired) electrons. The predicted molar refractivity (Wildman–Crippen MR) is 84.8 cm³/mol. The van der Waals surface area contributed by atoms with Gasteiger partial charge in [-0.3, -0.25) is 4.79 Å². The fraction of sp³-hybridized carbons (Fsp3) is 0.333. The van der Waals surface area contributed by atoms with Crippen LogP contribution in [0.3, 0.4) is 0 Å². The average molecular weight is 315 g/mol. The Morgan fingerprint density at radius 2 is 2.09 bits per heavy atom. The molecule has 3 aromatic rings. The Bertz CT molecular complexity index is 708. The highest BCUT2D eigenvalue weighted by Gasteiger charge is 2.07. The van der Waals surface area contributed by atoms with E-state index in [1.807, 2.05) is 18.2 Å². The average Bonchev–Trinajstić information content (AvgIpc) is 3.12. The van der Waals surface area contributed by atoms with Crippen molar-refractivity contribution in [1.29, 1.82) is 0 Å². The SMILES string of the molecule is O=C(CCc1nn2cnnc2s1)NCCCc1ccccc1. The van der Waals surface area contributed by atoms with E-state index < -0.39 is 0 Å². The Labute approximate surface area is 132 Å². The molecule has 114 valence electrons. The van der Waals surface area contributed by atoms with Crippen molar-refractivity contribution in [1.82, 2.24) is 25.1 Å². The first-order valence-electron chi connectivity index (χ1n) is 7.27. The molecule has 0 atom stereocenters. The largest absolute Gasteiger partial charge is 0.356 e. The molecule has 1 aromatic carbocycles. The molecule has 22 heavy (non-hydrogen) atoms. The summed E-state index contributed by atoms with van der Waals surface area (Å²) in [6, 6.07) is 10.3. The van der Waals surface area contributed by atoms with Crippen LogP contribution in [0.25, 0.3) is 4.96 Å². The van der Waals surface area contributed by atoms with Crippen molar-refractivity contribution in [3.63, 3.8) is 0 Å². The summed E-state index contributed by atoms with van der Waals surface area (Å²) in [4.78, 5) is 12.6. The summed E-state index contributed by atoms with van der Waals surface area (Å²) in [5, 5.41) is 15.9. The molecule has 0 aliphatic rings. The molecular formula is C15H17N5OS. The number of nitrogens with zero attached hydrogens (tertiary/aromatic N) is 4. The quantitative estimate of drug-likeness (QED) is 0.676. The maximum Gasteiger partial charge on any atom is 0.234 e. The van der Waals surface area contributed by atoms with Crippen molar-refractivity contribution >= 4 is 22.2 Å². The van der Waals surface area contributed by atoms with E-state index in [1.54, 1.807) is 10.8 Å². The Balaban J connectivity index is 1.35. The third-order valence-corrected chi connectivity index (χ3v) is 4.27. The van der Waals surface area contributed by atoms with Gasteiger partial charge in [-0.2, -0.15) is 9.61 Å². The second-order valence-electron chi connectivity index (χ2n) is 4.99. The first-order valence-corrected chi connectivity index (χ1v) is 8.09. The zero-order valence-corrected chi connectivity index (χ0v) is 12.9. The Kier molecular flexibility index (Phi) is 4.75. The number of aromatic nitrogens is 4. The third-order valence-electron chi connectivity index (χ3n) is 3.30. The lowest BCUT2D eigenvalue weighted by Gasteiger charge is -2.04. The number of hydrogen-bond donors (Lipinski definition) is 1. The number of rotatable bonds is 7. The maximum atomic E-state index is 11.8. The van der Waals surface area contributed by atoms with Crippen LogP contribution in [0.2, 0.25) is 0 Å². The lowest BCUT2D eigenvalue weighted by atomic mass is 10.1. The lowest BCUT2D eigenvalue weighted by molar-refractivity contribution is -0.121. The zero-order chi connectivity index (χ0) is 15.2. The highest BCUT2D eigenvalue weighted by Crippen LogP contribution is 2.13. The van der Waals surface area contributed by atoms with Crippen molar-refractivity contribution in [2.75, 3.05) is 6.54 Å². The van der Waals surface area contributed by atoms with Gasteiger partial charge in [0.2, 0.25) is 10.9 Å². The van der Waals surface area contributed by atoms with Crippen LogP contribution in [0.4, 0.5) is 0 Å². The van der Waals surface area contributed by atoms with Crippen molar-refractivity contribution in [3.05, 3.63) is 47.2 Å². The van der Waals surface area contributed by atoms with E-state index in [1.165, 1.54) is 16.9 Å². The van der Waals surface area contributed by atoms with Crippen LogP contribution >= 0.6 is 11.3 Å². The molecule has 0 saturated heterocycles. The molecule has 0 bridgehead atoms. The normalized spacial score (nSPS) is 10.9. The summed E-state index contributed by atoms with van der Waals surface area (Å²) in [7, 11) is 0. The van der Waals surface area contributed by atoms with Gasteiger partial charge in [-0.25, -0.2) is 0 Å². The highest BCUT2D eigenvalue weighted by atomic mass is 32.1. The van der Waals surface area contributed by atoms with Crippen molar-refractivity contribution in [2.45, 2.75) is 25.7 Å². The van der Waals surface area contributed by atoms with Crippen LogP contribution < -0.4 is 5.32 Å². The second kappa shape index (κ2) is 7.13. The number of carbonyl (C=O) groups is 1. The second-order valence-corrected chi connectivity index (χ2v) is 6.03. The number of fused-ring (bicyclic) bond motifs is 1. The van der Waals surface area contributed by atoms with Gasteiger partial charge in [-0.1, -0.05) is 41.7 Å². The zero-order valence-electron chi connectivity index (χ0n) is 12.1. The molecule has 7 heteroatoms. The molecular weight excluding hydrogens is 298 g/mol. The molecule has 1 N–H and O–H groups in total. The van der Waals surface area contributed by atoms with Crippen molar-refractivity contribution in [3.8, 4) is 0 Å². The van der Waals surface area contributed by atoms with Crippen LogP contribution in [0.5, 0.6) is 0 Å². The topological polar surface area (TPSA) is 72.2 Å². The summed E-state index contributed by atoms with van der Waals surface area (Å²) in [5.74, 6) is 0.0685. The van der Waals surface area contributed by atoms with Crippen molar-refractivity contribution in [2.24, 2.45) is 0 Å². The molecule has 6 nitrogen and oxygen atoms in total. The van der Waals surface area contributed by atoms with E-state index in [-0.39, 0.29) is 5.91 Å². The molecule has 3 rings (SSSR count). The summed E-state index contributed by atoms with van der Waals surface area (Å²) in [5.41, 5.74) is 1.30. The van der Waals surface area contributed by atoms with Gasteiger partial charge in [0.15, 0.2) is 0 Å². The van der Waals surface area contributed by atoms with Gasteiger partial charge >= 0.3 is 0 Å². The van der Waals surface area contributed by atoms with Gasteiger partial charge in [-0.15, -0.1) is 10.2 Å². The van der Waals surface area contributed by atoms with E-state index in [9.17, 15) is 4.79 Å². The van der Waals surface area contributed by atoms with E-state index >= 15 is 0 Å². The summed E-state index contributed by atoms with van der Waals surface area (Å²) >= 11 is 1.47. The minimum Gasteiger partial charge on any atom is -0.356 e. The molecule has 1 amide bonds. The number of amides is 1. The summed E-state index contributed by atoms with van der Waals surface area (Å²) < 4.78 is 1.64. The lowest BCUT2D eigenvalue weighted by Crippen LogP contribution is -2.24. The fourth-order valence-corrected chi connectivity index (χ4v) is 2.99. The number of benzene rings is 1. The molecule has 0 fully saturated rings. The van der Waals surface area contributed by atoms with Crippen LogP contribution in [0.15, 0.2) is 36.7 Å². The van der Waals surface area contributed by atoms with Crippen LogP contribution in [-0.2, 0) is 17.6 Å². The minimum absolute atomic E-state index is 0.0685. The molecule has 0 aliphatic heterocycles. The molecule has 2 heterocycles. The van der Waals surface area contributed by atoms with Gasteiger partial charge < -0.3 is 5.32 Å². The number of nitrogens with one attached hydrogen (secondary N) is 1. The molecule has 0 aliphatic carbocycles. The van der Waals surface area contributed by atoms with E-state index in [0.717, 1.165) is 22.8 Å². The van der Waals surface area contributed by atoms with Gasteiger partial charge in [0, 0.05) is 19.4 Å². The monoisotopic (exact) mass is 315 g/mol. The number of aryl methyl sites for hydroxylation is 2. The smallest absolute Gasteiger partial charge is 0.234 e. The van der Waals surface area contributed by atoms with E-state index in [4.69, 9.17) is 0 Å². The molecule has 0 unspecified atom stereocenters. The Morgan fingerprint density at radius 3 is 2.91 bits per heavy atom. The minimum atomic E-state index is 0.0685. The van der Waals surface area contributed by atoms with Crippen LogP contribution in [0, 0.1) is 0 Å². The summed E-state index contributed by atoms with van der Waals surface area (Å²) in [6.45, 7) is 0.707. The fourth-order valence-electron chi connectivity index (χ4n) is 2.18. The van der Waals surface area contributed by atoms with Gasteiger partial charge in [0.05, 0.1) is 0 Å². The van der Waals surface area contributed by atoms with E-state index in [0.29, 0.717) is 19.4 Å². The first-order chi connectivity index (χ1) is 10.8. The summed E-state index contributed by atoms with van der Waals surface area (Å²) in [6.07, 6.45) is 4.59. The maximum absolute atomic E-state index is 11.8. The van der Waals surface area contributed by atoms with E-state index in [2.05, 4.69) is 32.7 Å². The van der Waals surface area contributed by atoms with Crippen LogP contribution in [-0.4, -0.2) is 32.3 Å². The molecule has 2 aromatic heterocycles. The predicted octanol–water partition coefficient (Wildman–Crippen LogP) is 1.87. The molecule has 0 saturated carbocycles. The standard InChI is InChI=1S/C15H17N5OS/c21-13(16-10-4-7-12-5-2-1-3-6-12)8-9-14-19-20-11-17-18-15(20)22-14/h1-3,5-6,11H,4,7-10H2,(H,16,21). The molecule has 0 spiro atoms. The van der Waals surface area contributed by atoms with Gasteiger partial charge in [0.1, 0.15) is 11.3 Å². The van der Waals surface area contributed by atoms with Gasteiger partial charge in [-0.05, 0) is 18.4 Å². The van der Waals surface area contributed by atoms with Gasteiger partial charge in [0.25, 0.3) is 0 Å². The first kappa shape index (κ1) is 14.6. The third kappa shape index (κ3) is 3.88. The Morgan fingerprint density at radius 1 is 1.23 bits per heavy atom. The van der Waals surface area contributed by atoms with Crippen molar-refractivity contribution < 1.29 is 4.79 Å². The Hall–Kier alpha value is -2.28. The number of hydrogen-bond acceptors (Lipinski definition) is 5.